The van der Waals surface area contributed by atoms with Crippen molar-refractivity contribution in [2.75, 3.05) is 0 Å². The van der Waals surface area contributed by atoms with Crippen LogP contribution in [-0.4, -0.2) is 16.1 Å². The monoisotopic (exact) mass is 341 g/mol. The van der Waals surface area contributed by atoms with Crippen molar-refractivity contribution in [3.05, 3.63) is 64.3 Å². The number of hydrogen-bond donors (Lipinski definition) is 1. The quantitative estimate of drug-likeness (QED) is 0.736. The summed E-state index contributed by atoms with van der Waals surface area (Å²) in [5.41, 5.74) is 3.25. The molecule has 104 valence electrons. The van der Waals surface area contributed by atoms with E-state index >= 15 is 0 Å². The highest BCUT2D eigenvalue weighted by molar-refractivity contribution is 9.10. The lowest BCUT2D eigenvalue weighted by Gasteiger charge is -2.13. The van der Waals surface area contributed by atoms with Crippen LogP contribution in [0.3, 0.4) is 0 Å². The SMILES string of the molecule is Cc1nc2ccccc2c(C(=O)O)c1-c1ccc(Br)cc1. The molecule has 0 spiro atoms. The fourth-order valence-corrected chi connectivity index (χ4v) is 2.79. The number of carboxylic acids is 1. The third-order valence-electron chi connectivity index (χ3n) is 3.42. The molecule has 2 aromatic carbocycles. The van der Waals surface area contributed by atoms with Crippen LogP contribution in [-0.2, 0) is 0 Å². The van der Waals surface area contributed by atoms with Crippen LogP contribution in [0, 0.1) is 6.92 Å². The van der Waals surface area contributed by atoms with Crippen molar-refractivity contribution in [2.45, 2.75) is 6.92 Å². The summed E-state index contributed by atoms with van der Waals surface area (Å²) in [6.07, 6.45) is 0. The molecule has 0 aliphatic carbocycles. The van der Waals surface area contributed by atoms with Crippen LogP contribution in [0.2, 0.25) is 0 Å². The van der Waals surface area contributed by atoms with Gasteiger partial charge in [0.2, 0.25) is 0 Å². The number of aryl methyl sites for hydroxylation is 1. The van der Waals surface area contributed by atoms with E-state index in [9.17, 15) is 9.90 Å². The summed E-state index contributed by atoms with van der Waals surface area (Å²) in [5, 5.41) is 10.3. The third kappa shape index (κ3) is 2.43. The number of halogens is 1. The molecule has 0 aliphatic rings. The zero-order valence-electron chi connectivity index (χ0n) is 11.3. The van der Waals surface area contributed by atoms with Crippen molar-refractivity contribution in [3.63, 3.8) is 0 Å². The Balaban J connectivity index is 2.41. The number of nitrogens with zero attached hydrogens (tertiary/aromatic N) is 1. The van der Waals surface area contributed by atoms with Gasteiger partial charge in [0.15, 0.2) is 0 Å². The molecule has 1 N–H and O–H groups in total. The van der Waals surface area contributed by atoms with Gasteiger partial charge in [0.05, 0.1) is 11.1 Å². The molecule has 0 fully saturated rings. The maximum Gasteiger partial charge on any atom is 0.337 e. The first-order valence-corrected chi connectivity index (χ1v) is 7.26. The van der Waals surface area contributed by atoms with Gasteiger partial charge >= 0.3 is 5.97 Å². The summed E-state index contributed by atoms with van der Waals surface area (Å²) in [4.78, 5) is 16.3. The lowest BCUT2D eigenvalue weighted by molar-refractivity contribution is 0.0699. The van der Waals surface area contributed by atoms with Crippen LogP contribution in [0.15, 0.2) is 53.0 Å². The molecule has 0 aliphatic heterocycles. The molecule has 0 unspecified atom stereocenters. The Labute approximate surface area is 130 Å². The van der Waals surface area contributed by atoms with Crippen LogP contribution in [0.4, 0.5) is 0 Å². The van der Waals surface area contributed by atoms with Crippen molar-refractivity contribution in [3.8, 4) is 11.1 Å². The second-order valence-electron chi connectivity index (χ2n) is 4.78. The zero-order valence-corrected chi connectivity index (χ0v) is 12.9. The van der Waals surface area contributed by atoms with E-state index in [-0.39, 0.29) is 0 Å². The van der Waals surface area contributed by atoms with E-state index in [4.69, 9.17) is 0 Å². The van der Waals surface area contributed by atoms with Gasteiger partial charge in [-0.1, -0.05) is 46.3 Å². The number of aromatic carboxylic acids is 1. The number of rotatable bonds is 2. The van der Waals surface area contributed by atoms with Crippen molar-refractivity contribution in [1.29, 1.82) is 0 Å². The minimum Gasteiger partial charge on any atom is -0.478 e. The van der Waals surface area contributed by atoms with Gasteiger partial charge in [-0.2, -0.15) is 0 Å². The molecule has 0 radical (unpaired) electrons. The molecular weight excluding hydrogens is 330 g/mol. The molecule has 0 saturated carbocycles. The summed E-state index contributed by atoms with van der Waals surface area (Å²) in [5.74, 6) is -0.936. The predicted molar refractivity (Wildman–Crippen MR) is 86.6 cm³/mol. The third-order valence-corrected chi connectivity index (χ3v) is 3.95. The van der Waals surface area contributed by atoms with Crippen LogP contribution in [0.5, 0.6) is 0 Å². The number of carbonyl (C=O) groups is 1. The number of hydrogen-bond acceptors (Lipinski definition) is 2. The predicted octanol–water partition coefficient (Wildman–Crippen LogP) is 4.67. The number of pyridine rings is 1. The van der Waals surface area contributed by atoms with Crippen LogP contribution in [0.25, 0.3) is 22.0 Å². The highest BCUT2D eigenvalue weighted by atomic mass is 79.9. The average Bonchev–Trinajstić information content (AvgIpc) is 2.46. The molecule has 0 saturated heterocycles. The Hall–Kier alpha value is -2.20. The number of para-hydroxylation sites is 1. The molecular formula is C17H12BrNO2. The van der Waals surface area contributed by atoms with Crippen molar-refractivity contribution >= 4 is 32.8 Å². The minimum atomic E-state index is -0.936. The van der Waals surface area contributed by atoms with Gasteiger partial charge in [0.25, 0.3) is 0 Å². The summed E-state index contributed by atoms with van der Waals surface area (Å²) in [7, 11) is 0. The molecule has 4 heteroatoms. The van der Waals surface area contributed by atoms with Crippen LogP contribution >= 0.6 is 15.9 Å². The van der Waals surface area contributed by atoms with E-state index in [1.807, 2.05) is 49.4 Å². The molecule has 1 heterocycles. The average molecular weight is 342 g/mol. The van der Waals surface area contributed by atoms with E-state index in [0.29, 0.717) is 27.7 Å². The van der Waals surface area contributed by atoms with Gasteiger partial charge in [-0.05, 0) is 30.7 Å². The fraction of sp³-hybridized carbons (Fsp3) is 0.0588. The van der Waals surface area contributed by atoms with E-state index < -0.39 is 5.97 Å². The van der Waals surface area contributed by atoms with E-state index in [1.165, 1.54) is 0 Å². The van der Waals surface area contributed by atoms with Gasteiger partial charge < -0.3 is 5.11 Å². The normalized spacial score (nSPS) is 10.8. The lowest BCUT2D eigenvalue weighted by atomic mass is 9.95. The molecule has 1 aromatic heterocycles. The number of benzene rings is 2. The molecule has 21 heavy (non-hydrogen) atoms. The standard InChI is InChI=1S/C17H12BrNO2/c1-10-15(11-6-8-12(18)9-7-11)16(17(20)21)13-4-2-3-5-14(13)19-10/h2-9H,1H3,(H,20,21). The minimum absolute atomic E-state index is 0.306. The summed E-state index contributed by atoms with van der Waals surface area (Å²) in [6.45, 7) is 1.84. The number of carboxylic acid groups (broad SMARTS) is 1. The highest BCUT2D eigenvalue weighted by Crippen LogP contribution is 2.32. The molecule has 3 rings (SSSR count). The van der Waals surface area contributed by atoms with Crippen molar-refractivity contribution in [2.24, 2.45) is 0 Å². The van der Waals surface area contributed by atoms with E-state index in [0.717, 1.165) is 10.0 Å². The second kappa shape index (κ2) is 5.30. The number of fused-ring (bicyclic) bond motifs is 1. The molecule has 3 nitrogen and oxygen atoms in total. The van der Waals surface area contributed by atoms with Crippen LogP contribution < -0.4 is 0 Å². The fourth-order valence-electron chi connectivity index (χ4n) is 2.53. The molecule has 0 atom stereocenters. The van der Waals surface area contributed by atoms with Gasteiger partial charge in [-0.15, -0.1) is 0 Å². The Morgan fingerprint density at radius 3 is 2.43 bits per heavy atom. The topological polar surface area (TPSA) is 50.2 Å². The Morgan fingerprint density at radius 2 is 1.76 bits per heavy atom. The van der Waals surface area contributed by atoms with Crippen LogP contribution in [0.1, 0.15) is 16.1 Å². The first-order valence-electron chi connectivity index (χ1n) is 6.46. The Bertz CT molecular complexity index is 841. The van der Waals surface area contributed by atoms with E-state index in [2.05, 4.69) is 20.9 Å². The second-order valence-corrected chi connectivity index (χ2v) is 5.69. The van der Waals surface area contributed by atoms with Crippen molar-refractivity contribution < 1.29 is 9.90 Å². The highest BCUT2D eigenvalue weighted by Gasteiger charge is 2.19. The maximum absolute atomic E-state index is 11.8. The number of aromatic nitrogens is 1. The Kier molecular flexibility index (Phi) is 3.47. The largest absolute Gasteiger partial charge is 0.478 e. The zero-order chi connectivity index (χ0) is 15.0. The summed E-state index contributed by atoms with van der Waals surface area (Å²) < 4.78 is 0.953. The van der Waals surface area contributed by atoms with Gasteiger partial charge in [0, 0.05) is 21.1 Å². The lowest BCUT2D eigenvalue weighted by Crippen LogP contribution is -2.05. The van der Waals surface area contributed by atoms with Gasteiger partial charge in [-0.25, -0.2) is 4.79 Å². The smallest absolute Gasteiger partial charge is 0.337 e. The maximum atomic E-state index is 11.8. The first-order chi connectivity index (χ1) is 10.1. The molecule has 0 amide bonds. The first kappa shape index (κ1) is 13.8. The van der Waals surface area contributed by atoms with E-state index in [1.54, 1.807) is 6.07 Å². The summed E-state index contributed by atoms with van der Waals surface area (Å²) >= 11 is 3.39. The molecule has 0 bridgehead atoms. The Morgan fingerprint density at radius 1 is 1.10 bits per heavy atom. The summed E-state index contributed by atoms with van der Waals surface area (Å²) in [6, 6.07) is 14.9. The van der Waals surface area contributed by atoms with Gasteiger partial charge in [-0.3, -0.25) is 4.98 Å². The van der Waals surface area contributed by atoms with Gasteiger partial charge in [0.1, 0.15) is 0 Å². The van der Waals surface area contributed by atoms with Crippen molar-refractivity contribution in [1.82, 2.24) is 4.98 Å². The molecule has 3 aromatic rings.